The van der Waals surface area contributed by atoms with Gasteiger partial charge in [0.2, 0.25) is 0 Å². The number of aromatic nitrogens is 4. The smallest absolute Gasteiger partial charge is 0.316 e. The fourth-order valence-electron chi connectivity index (χ4n) is 5.09. The maximum atomic E-state index is 13.2. The number of aryl methyl sites for hydroxylation is 1. The topological polar surface area (TPSA) is 132 Å². The highest BCUT2D eigenvalue weighted by molar-refractivity contribution is 7.82. The number of nitrogens with zero attached hydrogens (tertiary/aromatic N) is 3. The predicted molar refractivity (Wildman–Crippen MR) is 194 cm³/mol. The third-order valence-electron chi connectivity index (χ3n) is 7.95. The van der Waals surface area contributed by atoms with E-state index in [-0.39, 0.29) is 11.2 Å². The Bertz CT molecular complexity index is 1620. The lowest BCUT2D eigenvalue weighted by molar-refractivity contribution is 0.296. The van der Waals surface area contributed by atoms with Crippen LogP contribution in [0.4, 0.5) is 5.69 Å². The Balaban J connectivity index is 1.36. The van der Waals surface area contributed by atoms with Crippen molar-refractivity contribution in [1.82, 2.24) is 24.5 Å². The largest absolute Gasteiger partial charge is 0.490 e. The summed E-state index contributed by atoms with van der Waals surface area (Å²) < 4.78 is 51.0. The summed E-state index contributed by atoms with van der Waals surface area (Å²) in [6.45, 7) is 12.9. The van der Waals surface area contributed by atoms with Crippen LogP contribution in [0.2, 0.25) is 0 Å². The van der Waals surface area contributed by atoms with Crippen molar-refractivity contribution >= 4 is 33.9 Å². The van der Waals surface area contributed by atoms with Gasteiger partial charge in [0.1, 0.15) is 5.75 Å². The summed E-state index contributed by atoms with van der Waals surface area (Å²) in [7, 11) is 0. The van der Waals surface area contributed by atoms with Crippen LogP contribution in [0.5, 0.6) is 17.2 Å². The second kappa shape index (κ2) is 18.4. The highest BCUT2D eigenvalue weighted by Gasteiger charge is 2.23. The Hall–Kier alpha value is -3.42. The number of unbranched alkanes of at least 4 members (excludes halogenated alkanes) is 9. The average Bonchev–Trinajstić information content (AvgIpc) is 3.64. The number of aromatic amines is 1. The number of nitrogens with one attached hydrogen (secondary N) is 3. The van der Waals surface area contributed by atoms with Crippen LogP contribution >= 0.6 is 0 Å². The highest BCUT2D eigenvalue weighted by atomic mass is 32.2. The maximum Gasteiger partial charge on any atom is 0.316 e. The van der Waals surface area contributed by atoms with Crippen LogP contribution in [0.25, 0.3) is 5.65 Å². The second-order valence-corrected chi connectivity index (χ2v) is 15.0. The van der Waals surface area contributed by atoms with E-state index in [2.05, 4.69) is 52.4 Å². The fourth-order valence-corrected chi connectivity index (χ4v) is 6.48. The molecule has 0 amide bonds. The minimum absolute atomic E-state index is 0.0920. The van der Waals surface area contributed by atoms with E-state index < -0.39 is 28.6 Å². The van der Waals surface area contributed by atoms with Gasteiger partial charge in [0.05, 0.1) is 18.3 Å². The zero-order chi connectivity index (χ0) is 34.5. The molecule has 13 heteroatoms. The molecule has 264 valence electrons. The minimum atomic E-state index is -1.94. The first-order chi connectivity index (χ1) is 23.0. The first-order valence-corrected chi connectivity index (χ1v) is 19.2. The van der Waals surface area contributed by atoms with Crippen LogP contribution in [0, 0.1) is 6.92 Å². The van der Waals surface area contributed by atoms with Crippen molar-refractivity contribution in [2.45, 2.75) is 117 Å². The quantitative estimate of drug-likeness (QED) is 0.0745. The van der Waals surface area contributed by atoms with E-state index in [9.17, 15) is 8.42 Å². The van der Waals surface area contributed by atoms with E-state index in [0.717, 1.165) is 30.5 Å². The number of rotatable bonds is 21. The van der Waals surface area contributed by atoms with E-state index in [4.69, 9.17) is 13.1 Å². The molecule has 3 unspecified atom stereocenters. The molecular weight excluding hydrogens is 649 g/mol. The summed E-state index contributed by atoms with van der Waals surface area (Å²) in [5.41, 5.74) is 3.19. The summed E-state index contributed by atoms with van der Waals surface area (Å²) in [6, 6.07) is 13.8. The van der Waals surface area contributed by atoms with Crippen molar-refractivity contribution in [2.75, 3.05) is 11.3 Å². The van der Waals surface area contributed by atoms with Gasteiger partial charge in [-0.1, -0.05) is 103 Å². The van der Waals surface area contributed by atoms with Gasteiger partial charge in [-0.2, -0.15) is 13.1 Å². The number of fused-ring (bicyclic) bond motifs is 1. The lowest BCUT2D eigenvalue weighted by atomic mass is 9.93. The van der Waals surface area contributed by atoms with Crippen LogP contribution in [-0.4, -0.2) is 34.8 Å². The van der Waals surface area contributed by atoms with Gasteiger partial charge in [-0.05, 0) is 44.5 Å². The van der Waals surface area contributed by atoms with Gasteiger partial charge in [0.25, 0.3) is 11.3 Å². The fraction of sp³-hybridized carbons (Fsp3) is 0.543. The van der Waals surface area contributed by atoms with Gasteiger partial charge in [0.15, 0.2) is 23.0 Å². The van der Waals surface area contributed by atoms with E-state index in [0.29, 0.717) is 35.3 Å². The Morgan fingerprint density at radius 2 is 1.50 bits per heavy atom. The lowest BCUT2D eigenvalue weighted by Crippen LogP contribution is -2.27. The Morgan fingerprint density at radius 1 is 0.833 bits per heavy atom. The van der Waals surface area contributed by atoms with Gasteiger partial charge >= 0.3 is 11.3 Å². The molecule has 0 radical (unpaired) electrons. The second-order valence-electron chi connectivity index (χ2n) is 13.3. The van der Waals surface area contributed by atoms with Crippen LogP contribution in [0.15, 0.2) is 48.5 Å². The molecule has 0 saturated carbocycles. The predicted octanol–water partition coefficient (Wildman–Crippen LogP) is 8.34. The molecule has 0 aliphatic carbocycles. The molecule has 2 aromatic heterocycles. The molecule has 2 aromatic carbocycles. The maximum absolute atomic E-state index is 13.2. The van der Waals surface area contributed by atoms with Crippen LogP contribution < -0.4 is 22.5 Å². The zero-order valence-corrected chi connectivity index (χ0v) is 30.8. The molecule has 3 atom stereocenters. The normalized spacial score (nSPS) is 13.7. The van der Waals surface area contributed by atoms with Crippen LogP contribution in [-0.2, 0) is 27.9 Å². The first kappa shape index (κ1) is 37.4. The summed E-state index contributed by atoms with van der Waals surface area (Å²) in [5, 5.41) is 11.9. The summed E-state index contributed by atoms with van der Waals surface area (Å²) in [4.78, 5) is 0. The van der Waals surface area contributed by atoms with E-state index in [1.165, 1.54) is 44.9 Å². The van der Waals surface area contributed by atoms with Gasteiger partial charge in [-0.3, -0.25) is 9.82 Å². The third-order valence-corrected chi connectivity index (χ3v) is 9.57. The molecule has 0 aliphatic heterocycles. The number of hydrogen-bond acceptors (Lipinski definition) is 7. The molecule has 3 N–H and O–H groups in total. The van der Waals surface area contributed by atoms with E-state index in [1.54, 1.807) is 34.8 Å². The number of ether oxygens (including phenoxy) is 1. The summed E-state index contributed by atoms with van der Waals surface area (Å²) >= 11 is -3.79. The monoisotopic (exact) mass is 700 g/mol. The third kappa shape index (κ3) is 11.6. The van der Waals surface area contributed by atoms with Crippen molar-refractivity contribution in [2.24, 2.45) is 0 Å². The van der Waals surface area contributed by atoms with Gasteiger partial charge in [-0.15, -0.1) is 10.2 Å². The SMILES string of the molecule is CCCCCCCCCCCCOc1cc(NS(=O)Oc2ccc(C)cc2)ccc1OS(=O)NC(C)c1nnc2cc(C(C)(C)C)[nH]n12. The van der Waals surface area contributed by atoms with Gasteiger partial charge in [-0.25, -0.2) is 4.52 Å². The Kier molecular flexibility index (Phi) is 14.3. The molecule has 0 aliphatic rings. The summed E-state index contributed by atoms with van der Waals surface area (Å²) in [5.74, 6) is 1.73. The Labute approximate surface area is 290 Å². The lowest BCUT2D eigenvalue weighted by Gasteiger charge is -2.16. The number of anilines is 1. The zero-order valence-electron chi connectivity index (χ0n) is 29.2. The van der Waals surface area contributed by atoms with Crippen molar-refractivity contribution < 1.29 is 21.5 Å². The summed E-state index contributed by atoms with van der Waals surface area (Å²) in [6.07, 6.45) is 12.2. The van der Waals surface area contributed by atoms with Gasteiger partial charge < -0.3 is 13.1 Å². The van der Waals surface area contributed by atoms with Gasteiger partial charge in [0, 0.05) is 23.2 Å². The number of hydrogen-bond donors (Lipinski definition) is 3. The Morgan fingerprint density at radius 3 is 2.17 bits per heavy atom. The van der Waals surface area contributed by atoms with Crippen molar-refractivity contribution in [3.63, 3.8) is 0 Å². The molecule has 0 spiro atoms. The number of benzene rings is 2. The van der Waals surface area contributed by atoms with E-state index in [1.807, 2.05) is 32.0 Å². The highest BCUT2D eigenvalue weighted by Crippen LogP contribution is 2.32. The molecule has 11 nitrogen and oxygen atoms in total. The molecule has 0 fully saturated rings. The molecule has 2 heterocycles. The molecule has 0 saturated heterocycles. The van der Waals surface area contributed by atoms with Crippen LogP contribution in [0.3, 0.4) is 0 Å². The average molecular weight is 701 g/mol. The molecular formula is C35H52N6O5S2. The molecule has 48 heavy (non-hydrogen) atoms. The standard InChI is InChI=1S/C35H52N6O5S2/c1-7-8-9-10-11-12-13-14-15-16-23-44-31-24-28(40-48(43)45-29-20-17-26(2)18-21-29)19-22-30(31)46-47(42)39-27(3)34-37-36-33-25-32(35(4,5)6)38-41(33)34/h17-22,24-25,27,38-40H,7-16,23H2,1-6H3. The van der Waals surface area contributed by atoms with Crippen molar-refractivity contribution in [3.05, 3.63) is 65.6 Å². The molecule has 4 aromatic rings. The molecule has 0 bridgehead atoms. The van der Waals surface area contributed by atoms with E-state index >= 15 is 0 Å². The van der Waals surface area contributed by atoms with Crippen molar-refractivity contribution in [3.8, 4) is 17.2 Å². The van der Waals surface area contributed by atoms with Crippen LogP contribution in [0.1, 0.15) is 122 Å². The number of H-pyrrole nitrogens is 1. The first-order valence-electron chi connectivity index (χ1n) is 17.0. The molecule has 4 rings (SSSR count). The van der Waals surface area contributed by atoms with Crippen molar-refractivity contribution in [1.29, 1.82) is 0 Å². The minimum Gasteiger partial charge on any atom is -0.490 e.